The summed E-state index contributed by atoms with van der Waals surface area (Å²) >= 11 is 0. The van der Waals surface area contributed by atoms with Crippen LogP contribution >= 0.6 is 0 Å². The summed E-state index contributed by atoms with van der Waals surface area (Å²) in [6, 6.07) is 15.4. The molecular formula is C24H31NO5. The number of esters is 2. The minimum Gasteiger partial charge on any atom is -0.488 e. The van der Waals surface area contributed by atoms with Crippen molar-refractivity contribution in [2.75, 3.05) is 6.54 Å². The van der Waals surface area contributed by atoms with Crippen molar-refractivity contribution in [3.05, 3.63) is 65.2 Å². The lowest BCUT2D eigenvalue weighted by atomic mass is 10.0. The molecule has 0 amide bonds. The fourth-order valence-corrected chi connectivity index (χ4v) is 2.79. The van der Waals surface area contributed by atoms with Gasteiger partial charge in [0.15, 0.2) is 0 Å². The van der Waals surface area contributed by atoms with E-state index in [-0.39, 0.29) is 24.1 Å². The van der Waals surface area contributed by atoms with Crippen LogP contribution in [0.2, 0.25) is 0 Å². The van der Waals surface area contributed by atoms with Crippen molar-refractivity contribution in [1.82, 2.24) is 5.32 Å². The molecule has 2 rings (SSSR count). The lowest BCUT2D eigenvalue weighted by Gasteiger charge is -2.26. The number of hydrogen-bond acceptors (Lipinski definition) is 6. The van der Waals surface area contributed by atoms with E-state index in [1.807, 2.05) is 69.3 Å². The van der Waals surface area contributed by atoms with Crippen LogP contribution in [0.1, 0.15) is 57.4 Å². The molecule has 162 valence electrons. The second kappa shape index (κ2) is 10.8. The lowest BCUT2D eigenvalue weighted by Crippen LogP contribution is -2.39. The van der Waals surface area contributed by atoms with E-state index in [0.717, 1.165) is 11.1 Å². The van der Waals surface area contributed by atoms with Crippen LogP contribution in [0, 0.1) is 0 Å². The monoisotopic (exact) mass is 413 g/mol. The van der Waals surface area contributed by atoms with Gasteiger partial charge < -0.3 is 19.5 Å². The zero-order valence-electron chi connectivity index (χ0n) is 18.4. The molecule has 1 N–H and O–H groups in total. The highest BCUT2D eigenvalue weighted by Gasteiger charge is 2.20. The van der Waals surface area contributed by atoms with Crippen molar-refractivity contribution in [3.63, 3.8) is 0 Å². The molecule has 6 heteroatoms. The first kappa shape index (κ1) is 23.4. The van der Waals surface area contributed by atoms with E-state index in [1.165, 1.54) is 13.8 Å². The van der Waals surface area contributed by atoms with Crippen LogP contribution < -0.4 is 10.1 Å². The molecule has 2 aromatic rings. The van der Waals surface area contributed by atoms with Gasteiger partial charge in [0.25, 0.3) is 0 Å². The molecule has 0 saturated carbocycles. The number of carbonyl (C=O) groups excluding carboxylic acids is 2. The van der Waals surface area contributed by atoms with Gasteiger partial charge in [0.05, 0.1) is 0 Å². The first-order valence-corrected chi connectivity index (χ1v) is 9.99. The maximum absolute atomic E-state index is 11.6. The standard InChI is InChI=1S/C24H31NO5/c1-17(26)28-16-21-13-20(23(30-18(2)27)14-25-24(3,4)5)11-12-22(21)29-15-19-9-7-6-8-10-19/h6-13,23,25H,14-16H2,1-5H3/t23-/m1/s1. The molecule has 0 aliphatic rings. The maximum atomic E-state index is 11.6. The summed E-state index contributed by atoms with van der Waals surface area (Å²) in [5.41, 5.74) is 2.42. The third kappa shape index (κ3) is 8.25. The summed E-state index contributed by atoms with van der Waals surface area (Å²) in [6.07, 6.45) is -0.471. The molecular weight excluding hydrogens is 382 g/mol. The first-order chi connectivity index (χ1) is 14.1. The van der Waals surface area contributed by atoms with Crippen LogP contribution in [0.15, 0.2) is 48.5 Å². The van der Waals surface area contributed by atoms with E-state index in [1.54, 1.807) is 0 Å². The molecule has 2 aromatic carbocycles. The van der Waals surface area contributed by atoms with Crippen molar-refractivity contribution in [1.29, 1.82) is 0 Å². The Morgan fingerprint density at radius 1 is 0.967 bits per heavy atom. The Hall–Kier alpha value is -2.86. The van der Waals surface area contributed by atoms with Gasteiger partial charge in [-0.1, -0.05) is 36.4 Å². The van der Waals surface area contributed by atoms with Crippen LogP contribution in [0.4, 0.5) is 0 Å². The van der Waals surface area contributed by atoms with Gasteiger partial charge in [-0.3, -0.25) is 9.59 Å². The predicted octanol–water partition coefficient (Wildman–Crippen LogP) is 4.32. The fourth-order valence-electron chi connectivity index (χ4n) is 2.79. The van der Waals surface area contributed by atoms with Gasteiger partial charge >= 0.3 is 11.9 Å². The van der Waals surface area contributed by atoms with E-state index < -0.39 is 6.10 Å². The van der Waals surface area contributed by atoms with Crippen LogP contribution in [0.5, 0.6) is 5.75 Å². The van der Waals surface area contributed by atoms with Crippen LogP contribution in [0.25, 0.3) is 0 Å². The highest BCUT2D eigenvalue weighted by atomic mass is 16.5. The topological polar surface area (TPSA) is 73.9 Å². The number of benzene rings is 2. The molecule has 0 bridgehead atoms. The van der Waals surface area contributed by atoms with Crippen molar-refractivity contribution in [3.8, 4) is 5.75 Å². The van der Waals surface area contributed by atoms with E-state index in [4.69, 9.17) is 14.2 Å². The zero-order valence-corrected chi connectivity index (χ0v) is 18.4. The van der Waals surface area contributed by atoms with Gasteiger partial charge in [0, 0.05) is 31.5 Å². The largest absolute Gasteiger partial charge is 0.488 e. The Bertz CT molecular complexity index is 842. The Labute approximate surface area is 178 Å². The molecule has 0 unspecified atom stereocenters. The van der Waals surface area contributed by atoms with Crippen molar-refractivity contribution < 1.29 is 23.8 Å². The summed E-state index contributed by atoms with van der Waals surface area (Å²) in [4.78, 5) is 23.0. The summed E-state index contributed by atoms with van der Waals surface area (Å²) < 4.78 is 16.7. The third-order valence-corrected chi connectivity index (χ3v) is 4.25. The van der Waals surface area contributed by atoms with Gasteiger partial charge in [0.2, 0.25) is 0 Å². The van der Waals surface area contributed by atoms with Crippen molar-refractivity contribution in [2.45, 2.75) is 59.5 Å². The summed E-state index contributed by atoms with van der Waals surface area (Å²) in [6.45, 7) is 9.82. The predicted molar refractivity (Wildman–Crippen MR) is 115 cm³/mol. The minimum atomic E-state index is -0.471. The highest BCUT2D eigenvalue weighted by molar-refractivity contribution is 5.66. The fraction of sp³-hybridized carbons (Fsp3) is 0.417. The Morgan fingerprint density at radius 2 is 1.67 bits per heavy atom. The molecule has 0 heterocycles. The Kier molecular flexibility index (Phi) is 8.42. The van der Waals surface area contributed by atoms with E-state index in [9.17, 15) is 9.59 Å². The van der Waals surface area contributed by atoms with Crippen molar-refractivity contribution in [2.24, 2.45) is 0 Å². The SMILES string of the molecule is CC(=O)OCc1cc([C@@H](CNC(C)(C)C)OC(C)=O)ccc1OCc1ccccc1. The van der Waals surface area contributed by atoms with Gasteiger partial charge in [0.1, 0.15) is 25.1 Å². The average Bonchev–Trinajstić information content (AvgIpc) is 2.68. The highest BCUT2D eigenvalue weighted by Crippen LogP contribution is 2.27. The third-order valence-electron chi connectivity index (χ3n) is 4.25. The van der Waals surface area contributed by atoms with Crippen molar-refractivity contribution >= 4 is 11.9 Å². The maximum Gasteiger partial charge on any atom is 0.303 e. The molecule has 6 nitrogen and oxygen atoms in total. The minimum absolute atomic E-state index is 0.0762. The lowest BCUT2D eigenvalue weighted by molar-refractivity contribution is -0.146. The van der Waals surface area contributed by atoms with E-state index in [0.29, 0.717) is 24.5 Å². The zero-order chi connectivity index (χ0) is 22.1. The number of ether oxygens (including phenoxy) is 3. The van der Waals surface area contributed by atoms with Crippen LogP contribution in [-0.2, 0) is 32.3 Å². The van der Waals surface area contributed by atoms with Crippen LogP contribution in [0.3, 0.4) is 0 Å². The number of carbonyl (C=O) groups is 2. The Balaban J connectivity index is 2.26. The molecule has 0 aromatic heterocycles. The number of hydrogen-bond donors (Lipinski definition) is 1. The van der Waals surface area contributed by atoms with Gasteiger partial charge in [-0.05, 0) is 44.0 Å². The quantitative estimate of drug-likeness (QED) is 0.617. The Morgan fingerprint density at radius 3 is 2.27 bits per heavy atom. The molecule has 0 fully saturated rings. The summed E-state index contributed by atoms with van der Waals surface area (Å²) in [5.74, 6) is -0.115. The van der Waals surface area contributed by atoms with Gasteiger partial charge in [-0.15, -0.1) is 0 Å². The van der Waals surface area contributed by atoms with E-state index >= 15 is 0 Å². The number of rotatable bonds is 9. The second-order valence-electron chi connectivity index (χ2n) is 8.15. The molecule has 0 spiro atoms. The molecule has 0 saturated heterocycles. The number of nitrogens with one attached hydrogen (secondary N) is 1. The first-order valence-electron chi connectivity index (χ1n) is 9.99. The molecule has 0 radical (unpaired) electrons. The van der Waals surface area contributed by atoms with Gasteiger partial charge in [-0.2, -0.15) is 0 Å². The van der Waals surface area contributed by atoms with Crippen LogP contribution in [-0.4, -0.2) is 24.0 Å². The second-order valence-corrected chi connectivity index (χ2v) is 8.15. The normalized spacial score (nSPS) is 12.2. The molecule has 0 aliphatic carbocycles. The molecule has 0 aliphatic heterocycles. The summed E-state index contributed by atoms with van der Waals surface area (Å²) in [5, 5.41) is 3.36. The molecule has 1 atom stereocenters. The van der Waals surface area contributed by atoms with Gasteiger partial charge in [-0.25, -0.2) is 0 Å². The average molecular weight is 414 g/mol. The molecule has 30 heavy (non-hydrogen) atoms. The summed E-state index contributed by atoms with van der Waals surface area (Å²) in [7, 11) is 0. The van der Waals surface area contributed by atoms with E-state index in [2.05, 4.69) is 5.32 Å². The smallest absolute Gasteiger partial charge is 0.303 e.